The van der Waals surface area contributed by atoms with Crippen molar-refractivity contribution in [3.05, 3.63) is 42.2 Å². The molecule has 1 aliphatic carbocycles. The van der Waals surface area contributed by atoms with Gasteiger partial charge in [-0.25, -0.2) is 14.8 Å². The fourth-order valence-electron chi connectivity index (χ4n) is 2.21. The Morgan fingerprint density at radius 2 is 1.95 bits per heavy atom. The van der Waals surface area contributed by atoms with Crippen LogP contribution in [-0.2, 0) is 0 Å². The Kier molecular flexibility index (Phi) is 2.87. The molecule has 1 aromatic carbocycles. The molecule has 19 heavy (non-hydrogen) atoms. The molecule has 5 heteroatoms. The Labute approximate surface area is 110 Å². The topological polar surface area (TPSA) is 75.1 Å². The van der Waals surface area contributed by atoms with Crippen LogP contribution in [0.5, 0.6) is 0 Å². The average Bonchev–Trinajstić information content (AvgIpc) is 2.91. The first-order valence-electron chi connectivity index (χ1n) is 6.15. The lowest BCUT2D eigenvalue weighted by Crippen LogP contribution is -2.18. The molecule has 5 nitrogen and oxygen atoms in total. The van der Waals surface area contributed by atoms with Crippen molar-refractivity contribution in [3.63, 3.8) is 0 Å². The number of fused-ring (bicyclic) bond motifs is 1. The highest BCUT2D eigenvalue weighted by Gasteiger charge is 2.16. The SMILES string of the molecule is O=C(O)c1nc(NC2CC=CC2)c2ccccc2n1. The lowest BCUT2D eigenvalue weighted by molar-refractivity contribution is 0.0684. The number of nitrogens with zero attached hydrogens (tertiary/aromatic N) is 2. The molecule has 0 atom stereocenters. The zero-order chi connectivity index (χ0) is 13.2. The minimum absolute atomic E-state index is 0.174. The summed E-state index contributed by atoms with van der Waals surface area (Å²) in [5, 5.41) is 13.2. The highest BCUT2D eigenvalue weighted by molar-refractivity contribution is 5.93. The van der Waals surface area contributed by atoms with Crippen LogP contribution in [0.15, 0.2) is 36.4 Å². The van der Waals surface area contributed by atoms with E-state index < -0.39 is 5.97 Å². The van der Waals surface area contributed by atoms with E-state index in [2.05, 4.69) is 27.4 Å². The van der Waals surface area contributed by atoms with Crippen molar-refractivity contribution in [2.24, 2.45) is 0 Å². The van der Waals surface area contributed by atoms with Crippen molar-refractivity contribution < 1.29 is 9.90 Å². The van der Waals surface area contributed by atoms with Gasteiger partial charge in [0.1, 0.15) is 5.82 Å². The Morgan fingerprint density at radius 3 is 2.68 bits per heavy atom. The van der Waals surface area contributed by atoms with Crippen LogP contribution in [0.2, 0.25) is 0 Å². The van der Waals surface area contributed by atoms with Gasteiger partial charge in [0.05, 0.1) is 5.52 Å². The number of hydrogen-bond donors (Lipinski definition) is 2. The summed E-state index contributed by atoms with van der Waals surface area (Å²) in [5.74, 6) is -0.692. The molecular weight excluding hydrogens is 242 g/mol. The fourth-order valence-corrected chi connectivity index (χ4v) is 2.21. The minimum atomic E-state index is -1.11. The van der Waals surface area contributed by atoms with E-state index in [1.807, 2.05) is 18.2 Å². The van der Waals surface area contributed by atoms with E-state index in [4.69, 9.17) is 5.11 Å². The standard InChI is InChI=1S/C14H13N3O2/c18-14(19)13-16-11-8-4-3-7-10(11)12(17-13)15-9-5-1-2-6-9/h1-4,7-9H,5-6H2,(H,18,19)(H,15,16,17). The Morgan fingerprint density at radius 1 is 1.21 bits per heavy atom. The van der Waals surface area contributed by atoms with E-state index in [-0.39, 0.29) is 11.9 Å². The Hall–Kier alpha value is -2.43. The van der Waals surface area contributed by atoms with Crippen molar-refractivity contribution in [3.8, 4) is 0 Å². The third kappa shape index (κ3) is 2.27. The van der Waals surface area contributed by atoms with Gasteiger partial charge in [-0.05, 0) is 25.0 Å². The summed E-state index contributed by atoms with van der Waals surface area (Å²) in [4.78, 5) is 19.2. The molecule has 0 saturated heterocycles. The van der Waals surface area contributed by atoms with Gasteiger partial charge < -0.3 is 10.4 Å². The van der Waals surface area contributed by atoms with Crippen LogP contribution in [0.3, 0.4) is 0 Å². The zero-order valence-electron chi connectivity index (χ0n) is 10.2. The summed E-state index contributed by atoms with van der Waals surface area (Å²) in [6.07, 6.45) is 6.08. The number of aromatic nitrogens is 2. The van der Waals surface area contributed by atoms with Gasteiger partial charge in [-0.1, -0.05) is 24.3 Å². The third-order valence-electron chi connectivity index (χ3n) is 3.14. The van der Waals surface area contributed by atoms with Crippen LogP contribution in [0, 0.1) is 0 Å². The molecule has 0 fully saturated rings. The molecule has 1 aromatic heterocycles. The van der Waals surface area contributed by atoms with Gasteiger partial charge in [0.25, 0.3) is 0 Å². The van der Waals surface area contributed by atoms with Crippen molar-refractivity contribution in [2.45, 2.75) is 18.9 Å². The molecule has 3 rings (SSSR count). The maximum Gasteiger partial charge on any atom is 0.374 e. The molecule has 2 aromatic rings. The van der Waals surface area contributed by atoms with Gasteiger partial charge in [-0.3, -0.25) is 0 Å². The van der Waals surface area contributed by atoms with E-state index in [1.165, 1.54) is 0 Å². The fraction of sp³-hybridized carbons (Fsp3) is 0.214. The average molecular weight is 255 g/mol. The molecule has 0 spiro atoms. The zero-order valence-corrected chi connectivity index (χ0v) is 10.2. The quantitative estimate of drug-likeness (QED) is 0.824. The number of carboxylic acids is 1. The maximum absolute atomic E-state index is 11.1. The molecular formula is C14H13N3O2. The highest BCUT2D eigenvalue weighted by Crippen LogP contribution is 2.23. The lowest BCUT2D eigenvalue weighted by Gasteiger charge is -2.14. The minimum Gasteiger partial charge on any atom is -0.475 e. The van der Waals surface area contributed by atoms with Gasteiger partial charge >= 0.3 is 5.97 Å². The predicted molar refractivity (Wildman–Crippen MR) is 72.3 cm³/mol. The number of carboxylic acid groups (broad SMARTS) is 1. The first-order valence-corrected chi connectivity index (χ1v) is 6.15. The number of aromatic carboxylic acids is 1. The van der Waals surface area contributed by atoms with Crippen molar-refractivity contribution in [1.82, 2.24) is 9.97 Å². The van der Waals surface area contributed by atoms with Crippen molar-refractivity contribution in [2.75, 3.05) is 5.32 Å². The van der Waals surface area contributed by atoms with Crippen LogP contribution in [-0.4, -0.2) is 27.1 Å². The summed E-state index contributed by atoms with van der Waals surface area (Å²) in [6, 6.07) is 7.69. The normalized spacial score (nSPS) is 14.9. The number of rotatable bonds is 3. The van der Waals surface area contributed by atoms with E-state index >= 15 is 0 Å². The lowest BCUT2D eigenvalue weighted by atomic mass is 10.2. The summed E-state index contributed by atoms with van der Waals surface area (Å²) in [7, 11) is 0. The van der Waals surface area contributed by atoms with Crippen LogP contribution in [0.4, 0.5) is 5.82 Å². The van der Waals surface area contributed by atoms with Gasteiger partial charge in [0, 0.05) is 11.4 Å². The van der Waals surface area contributed by atoms with Crippen LogP contribution < -0.4 is 5.32 Å². The van der Waals surface area contributed by atoms with Crippen LogP contribution in [0.25, 0.3) is 10.9 Å². The molecule has 96 valence electrons. The van der Waals surface area contributed by atoms with Gasteiger partial charge in [0.15, 0.2) is 0 Å². The molecule has 1 aliphatic rings. The van der Waals surface area contributed by atoms with E-state index in [0.29, 0.717) is 11.3 Å². The molecule has 1 heterocycles. The van der Waals surface area contributed by atoms with Crippen molar-refractivity contribution in [1.29, 1.82) is 0 Å². The van der Waals surface area contributed by atoms with Crippen LogP contribution in [0.1, 0.15) is 23.5 Å². The summed E-state index contributed by atoms with van der Waals surface area (Å²) >= 11 is 0. The van der Waals surface area contributed by atoms with Gasteiger partial charge in [0.2, 0.25) is 5.82 Å². The number of para-hydroxylation sites is 1. The largest absolute Gasteiger partial charge is 0.475 e. The first kappa shape index (κ1) is 11.6. The molecule has 0 unspecified atom stereocenters. The monoisotopic (exact) mass is 255 g/mol. The molecule has 0 aliphatic heterocycles. The van der Waals surface area contributed by atoms with Crippen molar-refractivity contribution >= 4 is 22.7 Å². The Bertz CT molecular complexity index is 659. The third-order valence-corrected chi connectivity index (χ3v) is 3.14. The maximum atomic E-state index is 11.1. The number of nitrogens with one attached hydrogen (secondary N) is 1. The van der Waals surface area contributed by atoms with E-state index in [9.17, 15) is 4.79 Å². The molecule has 0 amide bonds. The van der Waals surface area contributed by atoms with E-state index in [1.54, 1.807) is 6.07 Å². The molecule has 0 bridgehead atoms. The van der Waals surface area contributed by atoms with Gasteiger partial charge in [-0.2, -0.15) is 0 Å². The molecule has 2 N–H and O–H groups in total. The number of benzene rings is 1. The first-order chi connectivity index (χ1) is 9.24. The van der Waals surface area contributed by atoms with Crippen LogP contribution >= 0.6 is 0 Å². The summed E-state index contributed by atoms with van der Waals surface area (Å²) in [6.45, 7) is 0. The summed E-state index contributed by atoms with van der Waals surface area (Å²) < 4.78 is 0. The second kappa shape index (κ2) is 4.68. The second-order valence-electron chi connectivity index (χ2n) is 4.50. The number of carbonyl (C=O) groups is 1. The second-order valence-corrected chi connectivity index (χ2v) is 4.50. The van der Waals surface area contributed by atoms with Gasteiger partial charge in [-0.15, -0.1) is 0 Å². The summed E-state index contributed by atoms with van der Waals surface area (Å²) in [5.41, 5.74) is 0.642. The number of hydrogen-bond acceptors (Lipinski definition) is 4. The predicted octanol–water partition coefficient (Wildman–Crippen LogP) is 2.46. The molecule has 0 radical (unpaired) electrons. The number of anilines is 1. The smallest absolute Gasteiger partial charge is 0.374 e. The van der Waals surface area contributed by atoms with E-state index in [0.717, 1.165) is 18.2 Å². The molecule has 0 saturated carbocycles. The Balaban J connectivity index is 2.06. The highest BCUT2D eigenvalue weighted by atomic mass is 16.4.